The maximum absolute atomic E-state index is 13.8. The fourth-order valence-corrected chi connectivity index (χ4v) is 4.58. The molecule has 4 amide bonds. The number of likely N-dealkylation sites (N-methyl/N-ethyl adjacent to an activating group) is 1. The Morgan fingerprint density at radius 3 is 1.82 bits per heavy atom. The quantitative estimate of drug-likeness (QED) is 0.164. The molecular formula is C30H37N7O3. The van der Waals surface area contributed by atoms with Gasteiger partial charge in [-0.3, -0.25) is 15.0 Å². The molecule has 1 atom stereocenters. The van der Waals surface area contributed by atoms with Gasteiger partial charge >= 0.3 is 6.03 Å². The summed E-state index contributed by atoms with van der Waals surface area (Å²) in [5.74, 6) is -1.50. The number of hydrogen-bond donors (Lipinski definition) is 5. The number of nitrogens with zero attached hydrogens (tertiary/aromatic N) is 2. The van der Waals surface area contributed by atoms with E-state index < -0.39 is 23.9 Å². The van der Waals surface area contributed by atoms with Gasteiger partial charge in [0.2, 0.25) is 11.8 Å². The molecule has 8 N–H and O–H groups in total. The topological polar surface area (TPSA) is 172 Å². The Balaban J connectivity index is 1.67. The molecule has 0 fully saturated rings. The summed E-state index contributed by atoms with van der Waals surface area (Å²) in [6.45, 7) is 1.11. The number of primary amides is 2. The third-order valence-electron chi connectivity index (χ3n) is 6.77. The van der Waals surface area contributed by atoms with Crippen LogP contribution in [0.3, 0.4) is 0 Å². The Labute approximate surface area is 234 Å². The molecule has 0 heterocycles. The zero-order valence-electron chi connectivity index (χ0n) is 22.6. The highest BCUT2D eigenvalue weighted by molar-refractivity contribution is 5.91. The molecule has 0 saturated heterocycles. The Hall–Kier alpha value is -4.86. The molecule has 10 heteroatoms. The van der Waals surface area contributed by atoms with Crippen molar-refractivity contribution >= 4 is 23.8 Å². The van der Waals surface area contributed by atoms with Crippen LogP contribution >= 0.6 is 0 Å². The predicted octanol–water partition coefficient (Wildman–Crippen LogP) is 2.47. The molecule has 3 aromatic carbocycles. The van der Waals surface area contributed by atoms with Crippen LogP contribution in [0.2, 0.25) is 0 Å². The minimum atomic E-state index is -0.826. The predicted molar refractivity (Wildman–Crippen MR) is 155 cm³/mol. The molecule has 0 saturated carbocycles. The zero-order chi connectivity index (χ0) is 29.1. The van der Waals surface area contributed by atoms with Gasteiger partial charge in [-0.1, -0.05) is 84.9 Å². The van der Waals surface area contributed by atoms with Gasteiger partial charge in [0.25, 0.3) is 0 Å². The first-order valence-corrected chi connectivity index (χ1v) is 13.0. The van der Waals surface area contributed by atoms with Crippen LogP contribution in [-0.2, 0) is 22.7 Å². The van der Waals surface area contributed by atoms with Gasteiger partial charge in [0.1, 0.15) is 6.04 Å². The zero-order valence-corrected chi connectivity index (χ0v) is 22.6. The number of rotatable bonds is 13. The number of amides is 4. The van der Waals surface area contributed by atoms with E-state index in [0.29, 0.717) is 32.5 Å². The number of carbonyl (C=O) groups excluding carboxylic acids is 3. The Kier molecular flexibility index (Phi) is 10.6. The molecule has 0 aliphatic heterocycles. The summed E-state index contributed by atoms with van der Waals surface area (Å²) in [4.78, 5) is 40.3. The van der Waals surface area contributed by atoms with Crippen molar-refractivity contribution in [2.24, 2.45) is 17.2 Å². The van der Waals surface area contributed by atoms with Gasteiger partial charge in [-0.05, 0) is 35.1 Å². The first kappa shape index (κ1) is 29.7. The van der Waals surface area contributed by atoms with E-state index >= 15 is 0 Å². The fourth-order valence-electron chi connectivity index (χ4n) is 4.58. The monoisotopic (exact) mass is 543 g/mol. The normalized spacial score (nSPS) is 11.4. The number of nitrogens with two attached hydrogens (primary N) is 3. The third kappa shape index (κ3) is 8.32. The second-order valence-corrected chi connectivity index (χ2v) is 9.61. The van der Waals surface area contributed by atoms with E-state index in [1.807, 2.05) is 84.9 Å². The van der Waals surface area contributed by atoms with Gasteiger partial charge in [0.15, 0.2) is 5.96 Å². The fraction of sp³-hybridized carbons (Fsp3) is 0.267. The average molecular weight is 544 g/mol. The van der Waals surface area contributed by atoms with Crippen LogP contribution in [0.25, 0.3) is 0 Å². The minimum absolute atomic E-state index is 0.104. The van der Waals surface area contributed by atoms with Crippen molar-refractivity contribution in [3.05, 3.63) is 107 Å². The molecule has 10 nitrogen and oxygen atoms in total. The summed E-state index contributed by atoms with van der Waals surface area (Å²) in [5.41, 5.74) is 20.2. The molecule has 3 aromatic rings. The molecule has 0 radical (unpaired) electrons. The van der Waals surface area contributed by atoms with E-state index in [1.165, 1.54) is 4.90 Å². The van der Waals surface area contributed by atoms with Crippen molar-refractivity contribution in [1.82, 2.24) is 15.1 Å². The van der Waals surface area contributed by atoms with E-state index in [0.717, 1.165) is 22.3 Å². The standard InChI is InChI=1S/C30H37N7O3/c1-36(28(39)26(23-9-4-2-5-10-23)24-11-6-3-7-12-24)25(27(31)38)13-8-18-37(29(32)33)20-22-16-14-21(15-17-22)19-35-30(34)40/h2-7,9-12,14-17,25-26H,8,13,18-20H2,1H3,(H2,31,38)(H3,32,33)(H3,34,35,40)/t25-/m1/s1. The van der Waals surface area contributed by atoms with Crippen molar-refractivity contribution in [3.8, 4) is 0 Å². The van der Waals surface area contributed by atoms with Crippen LogP contribution in [0.5, 0.6) is 0 Å². The molecule has 0 aliphatic rings. The van der Waals surface area contributed by atoms with Crippen molar-refractivity contribution in [3.63, 3.8) is 0 Å². The molecule has 0 aliphatic carbocycles. The summed E-state index contributed by atoms with van der Waals surface area (Å²) >= 11 is 0. The van der Waals surface area contributed by atoms with Crippen molar-refractivity contribution < 1.29 is 14.4 Å². The van der Waals surface area contributed by atoms with Gasteiger partial charge in [0, 0.05) is 26.7 Å². The molecule has 3 rings (SSSR count). The van der Waals surface area contributed by atoms with Gasteiger partial charge < -0.3 is 32.3 Å². The average Bonchev–Trinajstić information content (AvgIpc) is 2.94. The number of hydrogen-bond acceptors (Lipinski definition) is 4. The van der Waals surface area contributed by atoms with Crippen molar-refractivity contribution in [2.75, 3.05) is 13.6 Å². The second kappa shape index (κ2) is 14.3. The van der Waals surface area contributed by atoms with Gasteiger partial charge in [-0.15, -0.1) is 0 Å². The highest BCUT2D eigenvalue weighted by atomic mass is 16.2. The van der Waals surface area contributed by atoms with Crippen molar-refractivity contribution in [1.29, 1.82) is 5.41 Å². The first-order valence-electron chi connectivity index (χ1n) is 13.0. The maximum Gasteiger partial charge on any atom is 0.312 e. The van der Waals surface area contributed by atoms with E-state index in [4.69, 9.17) is 22.6 Å². The lowest BCUT2D eigenvalue weighted by Crippen LogP contribution is -2.48. The summed E-state index contributed by atoms with van der Waals surface area (Å²) in [5, 5.41) is 10.6. The van der Waals surface area contributed by atoms with Gasteiger partial charge in [0.05, 0.1) is 5.92 Å². The summed E-state index contributed by atoms with van der Waals surface area (Å²) < 4.78 is 0. The summed E-state index contributed by atoms with van der Waals surface area (Å²) in [6.07, 6.45) is 0.794. The SMILES string of the molecule is CN(C(=O)C(c1ccccc1)c1ccccc1)[C@H](CCCN(Cc1ccc(CNC(N)=O)cc1)C(=N)N)C(N)=O. The highest BCUT2D eigenvalue weighted by Gasteiger charge is 2.31. The number of carbonyl (C=O) groups is 3. The smallest absolute Gasteiger partial charge is 0.312 e. The number of urea groups is 1. The van der Waals surface area contributed by atoms with E-state index in [2.05, 4.69) is 5.32 Å². The molecule has 0 bridgehead atoms. The molecule has 210 valence electrons. The van der Waals surface area contributed by atoms with E-state index in [9.17, 15) is 14.4 Å². The van der Waals surface area contributed by atoms with Crippen LogP contribution in [-0.4, -0.2) is 53.2 Å². The second-order valence-electron chi connectivity index (χ2n) is 9.61. The Morgan fingerprint density at radius 2 is 1.35 bits per heavy atom. The number of nitrogens with one attached hydrogen (secondary N) is 2. The van der Waals surface area contributed by atoms with Gasteiger partial charge in [-0.25, -0.2) is 4.79 Å². The lowest BCUT2D eigenvalue weighted by Gasteiger charge is -2.31. The van der Waals surface area contributed by atoms with E-state index in [1.54, 1.807) is 11.9 Å². The van der Waals surface area contributed by atoms with Crippen LogP contribution in [0.1, 0.15) is 41.0 Å². The lowest BCUT2D eigenvalue weighted by molar-refractivity contribution is -0.138. The Morgan fingerprint density at radius 1 is 0.825 bits per heavy atom. The molecule has 0 aromatic heterocycles. The Bertz CT molecular complexity index is 1240. The molecule has 40 heavy (non-hydrogen) atoms. The van der Waals surface area contributed by atoms with Crippen LogP contribution in [0, 0.1) is 5.41 Å². The number of benzene rings is 3. The summed E-state index contributed by atoms with van der Waals surface area (Å²) in [6, 6.07) is 25.0. The summed E-state index contributed by atoms with van der Waals surface area (Å²) in [7, 11) is 1.61. The van der Waals surface area contributed by atoms with Crippen LogP contribution in [0.15, 0.2) is 84.9 Å². The molecular weight excluding hydrogens is 506 g/mol. The molecule has 0 spiro atoms. The third-order valence-corrected chi connectivity index (χ3v) is 6.77. The van der Waals surface area contributed by atoms with Crippen molar-refractivity contribution in [2.45, 2.75) is 37.9 Å². The maximum atomic E-state index is 13.8. The highest BCUT2D eigenvalue weighted by Crippen LogP contribution is 2.27. The largest absolute Gasteiger partial charge is 0.370 e. The van der Waals surface area contributed by atoms with Crippen LogP contribution in [0.4, 0.5) is 4.79 Å². The first-order chi connectivity index (χ1) is 19.2. The lowest BCUT2D eigenvalue weighted by atomic mass is 9.89. The molecule has 0 unspecified atom stereocenters. The minimum Gasteiger partial charge on any atom is -0.370 e. The van der Waals surface area contributed by atoms with Crippen LogP contribution < -0.4 is 22.5 Å². The van der Waals surface area contributed by atoms with E-state index in [-0.39, 0.29) is 11.9 Å². The van der Waals surface area contributed by atoms with Gasteiger partial charge in [-0.2, -0.15) is 0 Å². The number of guanidine groups is 1.